The fraction of sp³-hybridized carbons (Fsp3) is 0.533. The van der Waals surface area contributed by atoms with Crippen LogP contribution in [0, 0.1) is 18.7 Å². The molecule has 0 aromatic heterocycles. The van der Waals surface area contributed by atoms with Gasteiger partial charge in [-0.05, 0) is 44.2 Å². The number of carbonyl (C=O) groups is 1. The maximum absolute atomic E-state index is 14.0. The van der Waals surface area contributed by atoms with Gasteiger partial charge in [0, 0.05) is 5.92 Å². The Bertz CT molecular complexity index is 471. The molecule has 1 aromatic carbocycles. The summed E-state index contributed by atoms with van der Waals surface area (Å²) in [6.07, 6.45) is 4.03. The van der Waals surface area contributed by atoms with Crippen LogP contribution in [-0.4, -0.2) is 18.0 Å². The summed E-state index contributed by atoms with van der Waals surface area (Å²) in [5.41, 5.74) is 0.789. The highest BCUT2D eigenvalue weighted by Gasteiger charge is 2.38. The quantitative estimate of drug-likeness (QED) is 0.751. The summed E-state index contributed by atoms with van der Waals surface area (Å²) in [4.78, 5) is 12.4. The zero-order chi connectivity index (χ0) is 12.7. The maximum atomic E-state index is 14.0. The molecule has 2 bridgehead atoms. The van der Waals surface area contributed by atoms with Crippen molar-refractivity contribution in [1.29, 1.82) is 0 Å². The predicted molar refractivity (Wildman–Crippen MR) is 66.1 cm³/mol. The molecule has 2 nitrogen and oxygen atoms in total. The highest BCUT2D eigenvalue weighted by molar-refractivity contribution is 5.98. The molecule has 2 fully saturated rings. The van der Waals surface area contributed by atoms with E-state index in [0.717, 1.165) is 25.7 Å². The van der Waals surface area contributed by atoms with Gasteiger partial charge in [0.2, 0.25) is 0 Å². The Hall–Kier alpha value is -1.22. The van der Waals surface area contributed by atoms with E-state index in [4.69, 9.17) is 4.74 Å². The van der Waals surface area contributed by atoms with Crippen molar-refractivity contribution in [1.82, 2.24) is 0 Å². The average molecular weight is 248 g/mol. The Morgan fingerprint density at radius 1 is 1.28 bits per heavy atom. The lowest BCUT2D eigenvalue weighted by molar-refractivity contribution is -0.0150. The van der Waals surface area contributed by atoms with Crippen LogP contribution in [0.1, 0.15) is 41.6 Å². The van der Waals surface area contributed by atoms with Crippen molar-refractivity contribution < 1.29 is 13.9 Å². The highest BCUT2D eigenvalue weighted by atomic mass is 19.1. The molecule has 0 amide bonds. The SMILES string of the molecule is Cc1cccc(C(=O)C2CC3CCC(C2)O3)c1F. The van der Waals surface area contributed by atoms with E-state index in [9.17, 15) is 9.18 Å². The van der Waals surface area contributed by atoms with Crippen LogP contribution in [0.2, 0.25) is 0 Å². The van der Waals surface area contributed by atoms with E-state index in [2.05, 4.69) is 0 Å². The van der Waals surface area contributed by atoms with Gasteiger partial charge in [-0.3, -0.25) is 4.79 Å². The van der Waals surface area contributed by atoms with Gasteiger partial charge in [-0.1, -0.05) is 12.1 Å². The lowest BCUT2D eigenvalue weighted by Gasteiger charge is -2.27. The van der Waals surface area contributed by atoms with Crippen LogP contribution >= 0.6 is 0 Å². The van der Waals surface area contributed by atoms with E-state index in [1.807, 2.05) is 0 Å². The molecular weight excluding hydrogens is 231 g/mol. The average Bonchev–Trinajstić information content (AvgIpc) is 2.71. The Morgan fingerprint density at radius 2 is 1.94 bits per heavy atom. The van der Waals surface area contributed by atoms with Gasteiger partial charge < -0.3 is 4.74 Å². The lowest BCUT2D eigenvalue weighted by atomic mass is 9.87. The van der Waals surface area contributed by atoms with Crippen LogP contribution in [0.15, 0.2) is 18.2 Å². The zero-order valence-electron chi connectivity index (χ0n) is 10.5. The number of aryl methyl sites for hydroxylation is 1. The third kappa shape index (κ3) is 1.97. The van der Waals surface area contributed by atoms with Crippen molar-refractivity contribution >= 4 is 5.78 Å². The first-order valence-electron chi connectivity index (χ1n) is 6.60. The molecule has 18 heavy (non-hydrogen) atoms. The number of rotatable bonds is 2. The summed E-state index contributed by atoms with van der Waals surface area (Å²) in [6.45, 7) is 1.69. The second-order valence-corrected chi connectivity index (χ2v) is 5.43. The second kappa shape index (κ2) is 4.47. The molecule has 2 unspecified atom stereocenters. The van der Waals surface area contributed by atoms with Crippen molar-refractivity contribution in [2.75, 3.05) is 0 Å². The smallest absolute Gasteiger partial charge is 0.169 e. The molecule has 2 atom stereocenters. The number of ether oxygens (including phenoxy) is 1. The zero-order valence-corrected chi connectivity index (χ0v) is 10.5. The summed E-state index contributed by atoms with van der Waals surface area (Å²) in [5, 5.41) is 0. The third-order valence-electron chi connectivity index (χ3n) is 4.12. The fourth-order valence-electron chi connectivity index (χ4n) is 3.13. The number of hydrogen-bond acceptors (Lipinski definition) is 2. The molecule has 0 N–H and O–H groups in total. The standard InChI is InChI=1S/C15H17FO2/c1-9-3-2-4-13(14(9)16)15(17)10-7-11-5-6-12(8-10)18-11/h2-4,10-12H,5-8H2,1H3. The van der Waals surface area contributed by atoms with Crippen LogP contribution < -0.4 is 0 Å². The molecule has 2 aliphatic rings. The minimum absolute atomic E-state index is 0.0450. The topological polar surface area (TPSA) is 26.3 Å². The Kier molecular flexibility index (Phi) is 2.94. The summed E-state index contributed by atoms with van der Waals surface area (Å²) in [7, 11) is 0. The summed E-state index contributed by atoms with van der Waals surface area (Å²) < 4.78 is 19.7. The van der Waals surface area contributed by atoms with Gasteiger partial charge in [0.05, 0.1) is 17.8 Å². The third-order valence-corrected chi connectivity index (χ3v) is 4.12. The predicted octanol–water partition coefficient (Wildman–Crippen LogP) is 3.27. The molecular formula is C15H17FO2. The molecule has 2 heterocycles. The minimum Gasteiger partial charge on any atom is -0.375 e. The van der Waals surface area contributed by atoms with Crippen LogP contribution in [0.4, 0.5) is 4.39 Å². The van der Waals surface area contributed by atoms with Gasteiger partial charge >= 0.3 is 0 Å². The molecule has 2 saturated heterocycles. The highest BCUT2D eigenvalue weighted by Crippen LogP contribution is 2.37. The fourth-order valence-corrected chi connectivity index (χ4v) is 3.13. The monoisotopic (exact) mass is 248 g/mol. The number of ketones is 1. The Morgan fingerprint density at radius 3 is 2.61 bits per heavy atom. The van der Waals surface area contributed by atoms with Crippen molar-refractivity contribution in [2.24, 2.45) is 5.92 Å². The van der Waals surface area contributed by atoms with Crippen molar-refractivity contribution in [3.8, 4) is 0 Å². The molecule has 1 aromatic rings. The Balaban J connectivity index is 1.84. The van der Waals surface area contributed by atoms with Gasteiger partial charge in [0.15, 0.2) is 5.78 Å². The number of fused-ring (bicyclic) bond motifs is 2. The largest absolute Gasteiger partial charge is 0.375 e. The van der Waals surface area contributed by atoms with Crippen molar-refractivity contribution in [2.45, 2.75) is 44.8 Å². The molecule has 3 rings (SSSR count). The molecule has 96 valence electrons. The van der Waals surface area contributed by atoms with Crippen LogP contribution in [0.3, 0.4) is 0 Å². The van der Waals surface area contributed by atoms with Crippen molar-refractivity contribution in [3.63, 3.8) is 0 Å². The number of hydrogen-bond donors (Lipinski definition) is 0. The van der Waals surface area contributed by atoms with E-state index in [0.29, 0.717) is 5.56 Å². The van der Waals surface area contributed by atoms with Crippen LogP contribution in [-0.2, 0) is 4.74 Å². The lowest BCUT2D eigenvalue weighted by Crippen LogP contribution is -2.30. The van der Waals surface area contributed by atoms with E-state index in [-0.39, 0.29) is 35.3 Å². The second-order valence-electron chi connectivity index (χ2n) is 5.43. The normalized spacial score (nSPS) is 30.4. The van der Waals surface area contributed by atoms with Gasteiger partial charge in [0.1, 0.15) is 5.82 Å². The molecule has 2 aliphatic heterocycles. The van der Waals surface area contributed by atoms with E-state index in [1.54, 1.807) is 25.1 Å². The van der Waals surface area contributed by atoms with E-state index in [1.165, 1.54) is 0 Å². The molecule has 0 saturated carbocycles. The summed E-state index contributed by atoms with van der Waals surface area (Å²) in [5.74, 6) is -0.467. The Labute approximate surface area is 106 Å². The molecule has 3 heteroatoms. The van der Waals surface area contributed by atoms with Gasteiger partial charge in [-0.2, -0.15) is 0 Å². The number of Topliss-reactive ketones (excluding diaryl/α,β-unsaturated/α-hetero) is 1. The number of halogens is 1. The van der Waals surface area contributed by atoms with Crippen molar-refractivity contribution in [3.05, 3.63) is 35.1 Å². The first-order valence-corrected chi connectivity index (χ1v) is 6.60. The minimum atomic E-state index is -0.360. The van der Waals surface area contributed by atoms with Gasteiger partial charge in [-0.15, -0.1) is 0 Å². The van der Waals surface area contributed by atoms with Crippen LogP contribution in [0.25, 0.3) is 0 Å². The van der Waals surface area contributed by atoms with Gasteiger partial charge in [0.25, 0.3) is 0 Å². The van der Waals surface area contributed by atoms with E-state index >= 15 is 0 Å². The number of carbonyl (C=O) groups excluding carboxylic acids is 1. The first-order chi connectivity index (χ1) is 8.65. The number of benzene rings is 1. The maximum Gasteiger partial charge on any atom is 0.169 e. The molecule has 0 spiro atoms. The molecule has 0 aliphatic carbocycles. The molecule has 0 radical (unpaired) electrons. The summed E-state index contributed by atoms with van der Waals surface area (Å²) in [6, 6.07) is 5.04. The first kappa shape index (κ1) is 11.8. The summed E-state index contributed by atoms with van der Waals surface area (Å²) >= 11 is 0. The van der Waals surface area contributed by atoms with Crippen LogP contribution in [0.5, 0.6) is 0 Å². The van der Waals surface area contributed by atoms with E-state index < -0.39 is 0 Å². The van der Waals surface area contributed by atoms with Gasteiger partial charge in [-0.25, -0.2) is 4.39 Å².